The molecule has 0 saturated carbocycles. The summed E-state index contributed by atoms with van der Waals surface area (Å²) in [7, 11) is 1.64. The van der Waals surface area contributed by atoms with E-state index in [0.29, 0.717) is 0 Å². The zero-order valence-electron chi connectivity index (χ0n) is 17.8. The minimum absolute atomic E-state index is 0.198. The number of aromatic nitrogens is 1. The monoisotopic (exact) mass is 400 g/mol. The molecule has 0 radical (unpaired) electrons. The van der Waals surface area contributed by atoms with Gasteiger partial charge in [0.05, 0.1) is 12.6 Å². The topological polar surface area (TPSA) is 64.4 Å². The highest BCUT2D eigenvalue weighted by Gasteiger charge is 2.18. The fraction of sp³-hybridized carbons (Fsp3) is 0.200. The minimum atomic E-state index is -0.198. The van der Waals surface area contributed by atoms with Gasteiger partial charge in [0.2, 0.25) is 5.91 Å². The molecule has 4 rings (SSSR count). The molecule has 0 bridgehead atoms. The summed E-state index contributed by atoms with van der Waals surface area (Å²) in [6, 6.07) is 11.5. The SMILES string of the molecule is COc1c(/C(C)=C/C(=O)Nc2ccc3ncccc3c2)cc2c(C)c(C)oc2c1C. The first-order valence-corrected chi connectivity index (χ1v) is 9.80. The molecule has 0 atom stereocenters. The Hall–Kier alpha value is -3.60. The second kappa shape index (κ2) is 7.67. The van der Waals surface area contributed by atoms with Crippen LogP contribution >= 0.6 is 0 Å². The molecule has 4 aromatic rings. The number of allylic oxidation sites excluding steroid dienone is 1. The number of nitrogens with one attached hydrogen (secondary N) is 1. The van der Waals surface area contributed by atoms with Crippen molar-refractivity contribution in [2.45, 2.75) is 27.7 Å². The molecule has 0 fully saturated rings. The number of anilines is 1. The van der Waals surface area contributed by atoms with Gasteiger partial charge in [-0.1, -0.05) is 6.07 Å². The first-order valence-electron chi connectivity index (χ1n) is 9.80. The van der Waals surface area contributed by atoms with Gasteiger partial charge >= 0.3 is 0 Å². The second-order valence-corrected chi connectivity index (χ2v) is 7.47. The predicted molar refractivity (Wildman–Crippen MR) is 121 cm³/mol. The van der Waals surface area contributed by atoms with Gasteiger partial charge in [-0.15, -0.1) is 0 Å². The Morgan fingerprint density at radius 1 is 1.13 bits per heavy atom. The van der Waals surface area contributed by atoms with E-state index in [1.54, 1.807) is 19.4 Å². The molecule has 0 aliphatic heterocycles. The summed E-state index contributed by atoms with van der Waals surface area (Å²) in [6.07, 6.45) is 3.35. The third-order valence-corrected chi connectivity index (χ3v) is 5.49. The fourth-order valence-corrected chi connectivity index (χ4v) is 3.77. The number of fused-ring (bicyclic) bond motifs is 2. The Balaban J connectivity index is 1.68. The summed E-state index contributed by atoms with van der Waals surface area (Å²) in [5.41, 5.74) is 6.16. The van der Waals surface area contributed by atoms with Gasteiger partial charge in [-0.2, -0.15) is 0 Å². The summed E-state index contributed by atoms with van der Waals surface area (Å²) < 4.78 is 11.6. The summed E-state index contributed by atoms with van der Waals surface area (Å²) in [6.45, 7) is 7.88. The van der Waals surface area contributed by atoms with Crippen LogP contribution in [0, 0.1) is 20.8 Å². The van der Waals surface area contributed by atoms with Crippen LogP contribution in [0.15, 0.2) is 53.1 Å². The van der Waals surface area contributed by atoms with Crippen molar-refractivity contribution >= 4 is 39.0 Å². The lowest BCUT2D eigenvalue weighted by Crippen LogP contribution is -2.08. The van der Waals surface area contributed by atoms with E-state index in [4.69, 9.17) is 9.15 Å². The van der Waals surface area contributed by atoms with E-state index in [1.807, 2.05) is 64.1 Å². The summed E-state index contributed by atoms with van der Waals surface area (Å²) in [4.78, 5) is 17.0. The number of furan rings is 1. The number of nitrogens with zero attached hydrogens (tertiary/aromatic N) is 1. The van der Waals surface area contributed by atoms with Crippen molar-refractivity contribution in [3.8, 4) is 5.75 Å². The first-order chi connectivity index (χ1) is 14.4. The van der Waals surface area contributed by atoms with Crippen LogP contribution in [0.25, 0.3) is 27.4 Å². The maximum absolute atomic E-state index is 12.7. The number of benzene rings is 2. The van der Waals surface area contributed by atoms with Gasteiger partial charge in [0.15, 0.2) is 0 Å². The molecule has 2 heterocycles. The molecular formula is C25H24N2O3. The molecule has 152 valence electrons. The predicted octanol–water partition coefficient (Wildman–Crippen LogP) is 5.96. The summed E-state index contributed by atoms with van der Waals surface area (Å²) in [5.74, 6) is 1.41. The van der Waals surface area contributed by atoms with Gasteiger partial charge in [0.1, 0.15) is 17.1 Å². The zero-order valence-corrected chi connectivity index (χ0v) is 17.8. The van der Waals surface area contributed by atoms with E-state index in [-0.39, 0.29) is 5.91 Å². The normalized spacial score (nSPS) is 11.8. The van der Waals surface area contributed by atoms with Crippen molar-refractivity contribution in [3.63, 3.8) is 0 Å². The highest BCUT2D eigenvalue weighted by atomic mass is 16.5. The molecule has 30 heavy (non-hydrogen) atoms. The van der Waals surface area contributed by atoms with E-state index in [1.165, 1.54) is 0 Å². The Morgan fingerprint density at radius 3 is 2.70 bits per heavy atom. The lowest BCUT2D eigenvalue weighted by Gasteiger charge is -2.13. The van der Waals surface area contributed by atoms with Gasteiger partial charge in [-0.05, 0) is 69.2 Å². The number of carbonyl (C=O) groups excluding carboxylic acids is 1. The lowest BCUT2D eigenvalue weighted by molar-refractivity contribution is -0.111. The quantitative estimate of drug-likeness (QED) is 0.430. The number of methoxy groups -OCH3 is 1. The Labute approximate surface area is 175 Å². The smallest absolute Gasteiger partial charge is 0.248 e. The van der Waals surface area contributed by atoms with E-state index in [0.717, 1.165) is 61.3 Å². The van der Waals surface area contributed by atoms with Gasteiger partial charge < -0.3 is 14.5 Å². The van der Waals surface area contributed by atoms with E-state index in [2.05, 4.69) is 10.3 Å². The molecule has 0 aliphatic rings. The number of ether oxygens (including phenoxy) is 1. The van der Waals surface area contributed by atoms with Gasteiger partial charge in [0, 0.05) is 39.9 Å². The highest BCUT2D eigenvalue weighted by Crippen LogP contribution is 2.38. The molecule has 1 amide bonds. The van der Waals surface area contributed by atoms with Crippen LogP contribution in [-0.2, 0) is 4.79 Å². The number of hydrogen-bond acceptors (Lipinski definition) is 4. The third kappa shape index (κ3) is 3.43. The van der Waals surface area contributed by atoms with Gasteiger partial charge in [-0.3, -0.25) is 9.78 Å². The van der Waals surface area contributed by atoms with Crippen molar-refractivity contribution in [2.75, 3.05) is 12.4 Å². The molecule has 1 N–H and O–H groups in total. The van der Waals surface area contributed by atoms with E-state index < -0.39 is 0 Å². The first kappa shape index (κ1) is 19.7. The molecular weight excluding hydrogens is 376 g/mol. The largest absolute Gasteiger partial charge is 0.496 e. The molecule has 5 nitrogen and oxygen atoms in total. The van der Waals surface area contributed by atoms with Crippen molar-refractivity contribution in [2.24, 2.45) is 0 Å². The van der Waals surface area contributed by atoms with Gasteiger partial charge in [-0.25, -0.2) is 0 Å². The van der Waals surface area contributed by atoms with Crippen LogP contribution in [0.4, 0.5) is 5.69 Å². The Kier molecular flexibility index (Phi) is 5.04. The highest BCUT2D eigenvalue weighted by molar-refractivity contribution is 6.05. The molecule has 5 heteroatoms. The van der Waals surface area contributed by atoms with E-state index >= 15 is 0 Å². The summed E-state index contributed by atoms with van der Waals surface area (Å²) >= 11 is 0. The standard InChI is InChI=1S/C25H24N2O3/c1-14(11-23(28)27-19-8-9-22-18(12-19)7-6-10-26-22)20-13-21-15(2)17(4)30-25(21)16(3)24(20)29-5/h6-13H,1-5H3,(H,27,28)/b14-11+. The fourth-order valence-electron chi connectivity index (χ4n) is 3.77. The maximum Gasteiger partial charge on any atom is 0.248 e. The molecule has 0 aliphatic carbocycles. The van der Waals surface area contributed by atoms with Gasteiger partial charge in [0.25, 0.3) is 0 Å². The molecule has 0 saturated heterocycles. The van der Waals surface area contributed by atoms with Crippen LogP contribution in [-0.4, -0.2) is 18.0 Å². The molecule has 0 spiro atoms. The average Bonchev–Trinajstić information content (AvgIpc) is 3.02. The number of rotatable bonds is 4. The molecule has 2 aromatic heterocycles. The number of aryl methyl sites for hydroxylation is 3. The molecule has 2 aromatic carbocycles. The Morgan fingerprint density at radius 2 is 1.93 bits per heavy atom. The van der Waals surface area contributed by atoms with Crippen LogP contribution < -0.4 is 10.1 Å². The van der Waals surface area contributed by atoms with Crippen LogP contribution in [0.2, 0.25) is 0 Å². The minimum Gasteiger partial charge on any atom is -0.496 e. The van der Waals surface area contributed by atoms with Crippen molar-refractivity contribution in [3.05, 3.63) is 71.1 Å². The number of carbonyl (C=O) groups is 1. The van der Waals surface area contributed by atoms with Crippen molar-refractivity contribution < 1.29 is 13.9 Å². The summed E-state index contributed by atoms with van der Waals surface area (Å²) in [5, 5.41) is 4.95. The van der Waals surface area contributed by atoms with Crippen LogP contribution in [0.3, 0.4) is 0 Å². The number of amides is 1. The van der Waals surface area contributed by atoms with Crippen molar-refractivity contribution in [1.82, 2.24) is 4.98 Å². The van der Waals surface area contributed by atoms with Crippen molar-refractivity contribution in [1.29, 1.82) is 0 Å². The second-order valence-electron chi connectivity index (χ2n) is 7.47. The third-order valence-electron chi connectivity index (χ3n) is 5.49. The zero-order chi connectivity index (χ0) is 21.4. The molecule has 0 unspecified atom stereocenters. The van der Waals surface area contributed by atoms with Crippen LogP contribution in [0.1, 0.15) is 29.4 Å². The van der Waals surface area contributed by atoms with Crippen LogP contribution in [0.5, 0.6) is 5.75 Å². The maximum atomic E-state index is 12.7. The lowest BCUT2D eigenvalue weighted by atomic mass is 9.98. The van der Waals surface area contributed by atoms with E-state index in [9.17, 15) is 4.79 Å². The number of pyridine rings is 1. The Bertz CT molecular complexity index is 1320. The number of hydrogen-bond donors (Lipinski definition) is 1. The average molecular weight is 400 g/mol.